The molecule has 1 fully saturated rings. The van der Waals surface area contributed by atoms with Gasteiger partial charge in [-0.1, -0.05) is 6.07 Å². The van der Waals surface area contributed by atoms with Gasteiger partial charge in [0.15, 0.2) is 0 Å². The molecule has 1 aromatic heterocycles. The Hall–Kier alpha value is -2.91. The van der Waals surface area contributed by atoms with Crippen molar-refractivity contribution < 1.29 is 13.2 Å². The summed E-state index contributed by atoms with van der Waals surface area (Å²) in [5, 5.41) is 3.00. The average Bonchev–Trinajstić information content (AvgIpc) is 3.45. The number of nitrogens with one attached hydrogen (secondary N) is 1. The fourth-order valence-electron chi connectivity index (χ4n) is 4.28. The van der Waals surface area contributed by atoms with E-state index < -0.39 is 10.0 Å². The molecule has 1 aliphatic rings. The summed E-state index contributed by atoms with van der Waals surface area (Å²) in [7, 11) is -0.514. The van der Waals surface area contributed by atoms with Crippen LogP contribution in [0.4, 0.5) is 11.4 Å². The third-order valence-corrected chi connectivity index (χ3v) is 7.88. The van der Waals surface area contributed by atoms with E-state index in [9.17, 15) is 13.2 Å². The second-order valence-electron chi connectivity index (χ2n) is 8.50. The Labute approximate surface area is 195 Å². The van der Waals surface area contributed by atoms with Gasteiger partial charge in [-0.15, -0.1) is 0 Å². The monoisotopic (exact) mass is 469 g/mol. The highest BCUT2D eigenvalue weighted by Gasteiger charge is 2.20. The van der Waals surface area contributed by atoms with Crippen molar-refractivity contribution in [1.29, 1.82) is 0 Å². The highest BCUT2D eigenvalue weighted by Crippen LogP contribution is 2.25. The van der Waals surface area contributed by atoms with Crippen molar-refractivity contribution in [2.45, 2.75) is 44.0 Å². The lowest BCUT2D eigenvalue weighted by Gasteiger charge is -2.18. The molecular formula is C24H31N5O3S. The summed E-state index contributed by atoms with van der Waals surface area (Å²) < 4.78 is 28.2. The minimum Gasteiger partial charge on any atom is -0.371 e. The van der Waals surface area contributed by atoms with Crippen LogP contribution in [0, 0.1) is 0 Å². The number of carbonyl (C=O) groups excluding carboxylic acids is 1. The molecule has 9 heteroatoms. The highest BCUT2D eigenvalue weighted by atomic mass is 32.2. The van der Waals surface area contributed by atoms with Crippen molar-refractivity contribution in [2.24, 2.45) is 0 Å². The number of sulfonamides is 1. The van der Waals surface area contributed by atoms with Gasteiger partial charge in [-0.25, -0.2) is 17.7 Å². The topological polar surface area (TPSA) is 87.5 Å². The summed E-state index contributed by atoms with van der Waals surface area (Å²) in [5.74, 6) is 0.701. The van der Waals surface area contributed by atoms with Gasteiger partial charge in [0.25, 0.3) is 0 Å². The molecule has 176 valence electrons. The van der Waals surface area contributed by atoms with E-state index in [-0.39, 0.29) is 10.8 Å². The minimum atomic E-state index is -3.53. The normalized spacial score (nSPS) is 14.4. The predicted octanol–water partition coefficient (Wildman–Crippen LogP) is 3.48. The molecule has 4 rings (SSSR count). The molecule has 0 aliphatic carbocycles. The maximum Gasteiger partial charge on any atom is 0.242 e. The second kappa shape index (κ2) is 9.52. The third-order valence-electron chi connectivity index (χ3n) is 6.07. The van der Waals surface area contributed by atoms with Crippen molar-refractivity contribution in [3.8, 4) is 0 Å². The summed E-state index contributed by atoms with van der Waals surface area (Å²) in [6.07, 6.45) is 3.17. The zero-order chi connectivity index (χ0) is 23.6. The first-order valence-electron chi connectivity index (χ1n) is 11.4. The molecule has 0 saturated carbocycles. The first-order chi connectivity index (χ1) is 15.8. The minimum absolute atomic E-state index is 0.0702. The number of hydrogen-bond donors (Lipinski definition) is 1. The molecular weight excluding hydrogens is 438 g/mol. The zero-order valence-electron chi connectivity index (χ0n) is 19.4. The number of fused-ring (bicyclic) bond motifs is 1. The van der Waals surface area contributed by atoms with E-state index in [1.54, 1.807) is 18.2 Å². The molecule has 0 spiro atoms. The Bertz CT molecular complexity index is 1260. The van der Waals surface area contributed by atoms with E-state index in [2.05, 4.69) is 21.3 Å². The number of amides is 1. The molecule has 3 aromatic rings. The Morgan fingerprint density at radius 3 is 2.58 bits per heavy atom. The van der Waals surface area contributed by atoms with Crippen molar-refractivity contribution in [3.05, 3.63) is 48.3 Å². The van der Waals surface area contributed by atoms with E-state index in [1.165, 1.54) is 31.2 Å². The molecule has 0 bridgehead atoms. The van der Waals surface area contributed by atoms with Gasteiger partial charge < -0.3 is 14.8 Å². The lowest BCUT2D eigenvalue weighted by molar-refractivity contribution is -0.116. The van der Waals surface area contributed by atoms with Crippen molar-refractivity contribution in [3.63, 3.8) is 0 Å². The van der Waals surface area contributed by atoms with Gasteiger partial charge in [-0.3, -0.25) is 4.79 Å². The molecule has 33 heavy (non-hydrogen) atoms. The summed E-state index contributed by atoms with van der Waals surface area (Å²) in [6.45, 7) is 4.81. The zero-order valence-corrected chi connectivity index (χ0v) is 20.2. The Balaban J connectivity index is 1.47. The molecule has 0 radical (unpaired) electrons. The Morgan fingerprint density at radius 2 is 1.88 bits per heavy atom. The molecule has 1 aliphatic heterocycles. The molecule has 0 atom stereocenters. The smallest absolute Gasteiger partial charge is 0.242 e. The fourth-order valence-corrected chi connectivity index (χ4v) is 5.20. The van der Waals surface area contributed by atoms with Crippen LogP contribution >= 0.6 is 0 Å². The maximum absolute atomic E-state index is 12.6. The van der Waals surface area contributed by atoms with Crippen molar-refractivity contribution >= 4 is 38.3 Å². The number of rotatable bonds is 8. The first kappa shape index (κ1) is 23.3. The van der Waals surface area contributed by atoms with Crippen LogP contribution in [-0.4, -0.2) is 55.4 Å². The number of imidazole rings is 1. The molecule has 1 saturated heterocycles. The molecule has 2 heterocycles. The number of anilines is 2. The third kappa shape index (κ3) is 4.89. The summed E-state index contributed by atoms with van der Waals surface area (Å²) in [6, 6.07) is 13.0. The number of nitrogens with zero attached hydrogens (tertiary/aromatic N) is 4. The van der Waals surface area contributed by atoms with Gasteiger partial charge >= 0.3 is 0 Å². The van der Waals surface area contributed by atoms with Crippen LogP contribution in [0.15, 0.2) is 47.4 Å². The van der Waals surface area contributed by atoms with E-state index >= 15 is 0 Å². The van der Waals surface area contributed by atoms with E-state index in [1.807, 2.05) is 29.7 Å². The number of aryl methyl sites for hydroxylation is 2. The summed E-state index contributed by atoms with van der Waals surface area (Å²) >= 11 is 0. The summed E-state index contributed by atoms with van der Waals surface area (Å²) in [4.78, 5) is 19.9. The van der Waals surface area contributed by atoms with Crippen LogP contribution in [-0.2, 0) is 27.8 Å². The first-order valence-corrected chi connectivity index (χ1v) is 12.8. The standard InChI is InChI=1S/C24H31N5O3S/c1-4-29-22-11-10-20(33(31,32)27(2)3)17-21(22)26-23(29)12-13-24(30)25-18-8-7-9-19(16-18)28-14-5-6-15-28/h7-11,16-17H,4-6,12-15H2,1-3H3,(H,25,30). The SMILES string of the molecule is CCn1c(CCC(=O)Nc2cccc(N3CCCC3)c2)nc2cc(S(=O)(=O)N(C)C)ccc21. The van der Waals surface area contributed by atoms with Gasteiger partial charge in [0.1, 0.15) is 5.82 Å². The highest BCUT2D eigenvalue weighted by molar-refractivity contribution is 7.89. The van der Waals surface area contributed by atoms with Crippen LogP contribution in [0.5, 0.6) is 0 Å². The fraction of sp³-hybridized carbons (Fsp3) is 0.417. The van der Waals surface area contributed by atoms with Gasteiger partial charge in [-0.2, -0.15) is 0 Å². The van der Waals surface area contributed by atoms with Crippen LogP contribution in [0.1, 0.15) is 32.0 Å². The van der Waals surface area contributed by atoms with E-state index in [4.69, 9.17) is 0 Å². The quantitative estimate of drug-likeness (QED) is 0.546. The Morgan fingerprint density at radius 1 is 1.12 bits per heavy atom. The number of hydrogen-bond acceptors (Lipinski definition) is 5. The van der Waals surface area contributed by atoms with E-state index in [0.29, 0.717) is 24.9 Å². The van der Waals surface area contributed by atoms with Gasteiger partial charge in [-0.05, 0) is 56.2 Å². The number of benzene rings is 2. The van der Waals surface area contributed by atoms with Crippen LogP contribution in [0.2, 0.25) is 0 Å². The van der Waals surface area contributed by atoms with Crippen molar-refractivity contribution in [2.75, 3.05) is 37.4 Å². The Kier molecular flexibility index (Phi) is 6.71. The lowest BCUT2D eigenvalue weighted by Crippen LogP contribution is -2.22. The molecule has 1 N–H and O–H groups in total. The summed E-state index contributed by atoms with van der Waals surface area (Å²) in [5.41, 5.74) is 3.42. The van der Waals surface area contributed by atoms with Crippen LogP contribution < -0.4 is 10.2 Å². The molecule has 0 unspecified atom stereocenters. The number of aromatic nitrogens is 2. The molecule has 1 amide bonds. The molecule has 2 aromatic carbocycles. The second-order valence-corrected chi connectivity index (χ2v) is 10.7. The van der Waals surface area contributed by atoms with Gasteiger partial charge in [0.05, 0.1) is 15.9 Å². The number of carbonyl (C=O) groups is 1. The van der Waals surface area contributed by atoms with Crippen LogP contribution in [0.25, 0.3) is 11.0 Å². The lowest BCUT2D eigenvalue weighted by atomic mass is 10.2. The largest absolute Gasteiger partial charge is 0.371 e. The van der Waals surface area contributed by atoms with Crippen molar-refractivity contribution in [1.82, 2.24) is 13.9 Å². The average molecular weight is 470 g/mol. The van der Waals surface area contributed by atoms with E-state index in [0.717, 1.165) is 35.8 Å². The van der Waals surface area contributed by atoms with Gasteiger partial charge in [0.2, 0.25) is 15.9 Å². The van der Waals surface area contributed by atoms with Crippen LogP contribution in [0.3, 0.4) is 0 Å². The maximum atomic E-state index is 12.6. The van der Waals surface area contributed by atoms with Gasteiger partial charge in [0, 0.05) is 57.9 Å². The molecule has 8 nitrogen and oxygen atoms in total. The predicted molar refractivity (Wildman–Crippen MR) is 131 cm³/mol.